The molecule has 120 valence electrons. The number of aromatic hydroxyl groups is 1. The van der Waals surface area contributed by atoms with Gasteiger partial charge in [-0.1, -0.05) is 18.2 Å². The Kier molecular flexibility index (Phi) is 3.31. The predicted molar refractivity (Wildman–Crippen MR) is 96.5 cm³/mol. The molecule has 2 N–H and O–H groups in total. The van der Waals surface area contributed by atoms with Crippen LogP contribution in [0.4, 0.5) is 0 Å². The summed E-state index contributed by atoms with van der Waals surface area (Å²) in [5, 5.41) is 11.1. The van der Waals surface area contributed by atoms with E-state index in [0.717, 1.165) is 57.3 Å². The van der Waals surface area contributed by atoms with Crippen molar-refractivity contribution in [3.05, 3.63) is 69.9 Å². The van der Waals surface area contributed by atoms with Crippen molar-refractivity contribution < 1.29 is 9.90 Å². The number of carbonyl (C=O) groups is 1. The summed E-state index contributed by atoms with van der Waals surface area (Å²) >= 11 is 0. The number of benzene rings is 2. The van der Waals surface area contributed by atoms with Crippen LogP contribution in [0.5, 0.6) is 5.75 Å². The quantitative estimate of drug-likeness (QED) is 0.639. The maximum atomic E-state index is 12.9. The zero-order chi connectivity index (χ0) is 16.8. The molecule has 4 rings (SSSR count). The maximum absolute atomic E-state index is 12.9. The summed E-state index contributed by atoms with van der Waals surface area (Å²) in [6.07, 6.45) is 3.57. The molecule has 0 aliphatic heterocycles. The van der Waals surface area contributed by atoms with Crippen LogP contribution in [0, 0.1) is 13.8 Å². The Morgan fingerprint density at radius 3 is 2.54 bits per heavy atom. The van der Waals surface area contributed by atoms with Crippen molar-refractivity contribution in [2.75, 3.05) is 0 Å². The number of nitrogens with one attached hydrogen (secondary N) is 1. The molecular weight excluding hydrogens is 298 g/mol. The van der Waals surface area contributed by atoms with Gasteiger partial charge in [-0.15, -0.1) is 0 Å². The van der Waals surface area contributed by atoms with Gasteiger partial charge in [-0.2, -0.15) is 0 Å². The van der Waals surface area contributed by atoms with Crippen LogP contribution in [-0.4, -0.2) is 15.9 Å². The second-order valence-corrected chi connectivity index (χ2v) is 6.53. The summed E-state index contributed by atoms with van der Waals surface area (Å²) in [5.74, 6) is 0.404. The number of ketones is 1. The van der Waals surface area contributed by atoms with E-state index in [1.165, 1.54) is 0 Å². The highest BCUT2D eigenvalue weighted by Gasteiger charge is 2.25. The van der Waals surface area contributed by atoms with Gasteiger partial charge in [0.05, 0.1) is 5.69 Å². The minimum atomic E-state index is 0.0795. The summed E-state index contributed by atoms with van der Waals surface area (Å²) < 4.78 is 0. The zero-order valence-electron chi connectivity index (χ0n) is 13.8. The van der Waals surface area contributed by atoms with Crippen LogP contribution >= 0.6 is 0 Å². The number of allylic oxidation sites excluding steroid dienone is 1. The molecule has 0 fully saturated rings. The highest BCUT2D eigenvalue weighted by molar-refractivity contribution is 6.15. The molecule has 0 atom stereocenters. The van der Waals surface area contributed by atoms with E-state index in [0.29, 0.717) is 5.75 Å². The molecule has 0 amide bonds. The van der Waals surface area contributed by atoms with E-state index in [2.05, 4.69) is 11.1 Å². The minimum absolute atomic E-state index is 0.0795. The van der Waals surface area contributed by atoms with Crippen molar-refractivity contribution in [1.82, 2.24) is 4.98 Å². The first-order chi connectivity index (χ1) is 11.5. The summed E-state index contributed by atoms with van der Waals surface area (Å²) in [6, 6.07) is 11.9. The Labute approximate surface area is 140 Å². The van der Waals surface area contributed by atoms with Crippen LogP contribution < -0.4 is 0 Å². The number of fused-ring (bicyclic) bond motifs is 3. The van der Waals surface area contributed by atoms with Crippen molar-refractivity contribution in [1.29, 1.82) is 0 Å². The lowest BCUT2D eigenvalue weighted by Crippen LogP contribution is -2.13. The first-order valence-electron chi connectivity index (χ1n) is 8.19. The van der Waals surface area contributed by atoms with E-state index < -0.39 is 0 Å². The molecular formula is C21H19NO2. The van der Waals surface area contributed by atoms with Crippen LogP contribution in [-0.2, 0) is 6.42 Å². The highest BCUT2D eigenvalue weighted by Crippen LogP contribution is 2.32. The highest BCUT2D eigenvalue weighted by atomic mass is 16.3. The SMILES string of the molecule is Cc1cc(/C=C2\CCc3c([nH]c4ccccc34)C2=O)cc(C)c1O. The van der Waals surface area contributed by atoms with Gasteiger partial charge < -0.3 is 10.1 Å². The van der Waals surface area contributed by atoms with E-state index in [4.69, 9.17) is 0 Å². The Bertz CT molecular complexity index is 985. The maximum Gasteiger partial charge on any atom is 0.205 e. The molecule has 1 aromatic heterocycles. The molecule has 0 saturated carbocycles. The van der Waals surface area contributed by atoms with Crippen molar-refractivity contribution >= 4 is 22.8 Å². The lowest BCUT2D eigenvalue weighted by molar-refractivity contribution is 0.102. The molecule has 0 spiro atoms. The number of aromatic amines is 1. The van der Waals surface area contributed by atoms with E-state index in [1.54, 1.807) is 0 Å². The third kappa shape index (κ3) is 2.24. The molecule has 0 saturated heterocycles. The topological polar surface area (TPSA) is 53.1 Å². The number of H-pyrrole nitrogens is 1. The first kappa shape index (κ1) is 14.8. The molecule has 1 aliphatic carbocycles. The second-order valence-electron chi connectivity index (χ2n) is 6.53. The Balaban J connectivity index is 1.78. The summed E-state index contributed by atoms with van der Waals surface area (Å²) in [4.78, 5) is 16.2. The Hall–Kier alpha value is -2.81. The lowest BCUT2D eigenvalue weighted by atomic mass is 9.89. The van der Waals surface area contributed by atoms with Gasteiger partial charge >= 0.3 is 0 Å². The smallest absolute Gasteiger partial charge is 0.205 e. The summed E-state index contributed by atoms with van der Waals surface area (Å²) in [6.45, 7) is 3.76. The van der Waals surface area contributed by atoms with Gasteiger partial charge in [0.15, 0.2) is 0 Å². The van der Waals surface area contributed by atoms with Gasteiger partial charge in [0, 0.05) is 16.5 Å². The number of hydrogen-bond donors (Lipinski definition) is 2. The molecule has 3 heteroatoms. The fraction of sp³-hybridized carbons (Fsp3) is 0.190. The second kappa shape index (κ2) is 5.38. The number of phenols is 1. The van der Waals surface area contributed by atoms with Crippen LogP contribution in [0.2, 0.25) is 0 Å². The van der Waals surface area contributed by atoms with E-state index in [1.807, 2.05) is 50.3 Å². The van der Waals surface area contributed by atoms with E-state index >= 15 is 0 Å². The van der Waals surface area contributed by atoms with Crippen molar-refractivity contribution in [3.63, 3.8) is 0 Å². The van der Waals surface area contributed by atoms with Gasteiger partial charge in [-0.25, -0.2) is 0 Å². The Morgan fingerprint density at radius 2 is 1.79 bits per heavy atom. The molecule has 0 unspecified atom stereocenters. The molecule has 24 heavy (non-hydrogen) atoms. The standard InChI is InChI=1S/C21H19NO2/c1-12-9-14(10-13(2)20(12)23)11-15-7-8-17-16-5-3-4-6-18(16)22-19(17)21(15)24/h3-6,9-11,22-23H,7-8H2,1-2H3/b15-11+. The number of rotatable bonds is 1. The number of phenolic OH excluding ortho intramolecular Hbond substituents is 1. The fourth-order valence-electron chi connectivity index (χ4n) is 3.60. The molecule has 1 heterocycles. The molecule has 0 radical (unpaired) electrons. The number of hydrogen-bond acceptors (Lipinski definition) is 2. The number of Topliss-reactive ketones (excluding diaryl/α,β-unsaturated/α-hetero) is 1. The van der Waals surface area contributed by atoms with Gasteiger partial charge in [-0.3, -0.25) is 4.79 Å². The predicted octanol–water partition coefficient (Wildman–Crippen LogP) is 4.70. The van der Waals surface area contributed by atoms with Crippen molar-refractivity contribution in [2.24, 2.45) is 0 Å². The van der Waals surface area contributed by atoms with Crippen LogP contribution in [0.1, 0.15) is 39.2 Å². The Morgan fingerprint density at radius 1 is 1.08 bits per heavy atom. The van der Waals surface area contributed by atoms with Crippen LogP contribution in [0.15, 0.2) is 42.0 Å². The minimum Gasteiger partial charge on any atom is -0.507 e. The average molecular weight is 317 g/mol. The number of aryl methyl sites for hydroxylation is 3. The molecule has 2 aromatic carbocycles. The summed E-state index contributed by atoms with van der Waals surface area (Å²) in [7, 11) is 0. The average Bonchev–Trinajstić information content (AvgIpc) is 2.95. The van der Waals surface area contributed by atoms with Gasteiger partial charge in [0.1, 0.15) is 5.75 Å². The number of carbonyl (C=O) groups excluding carboxylic acids is 1. The van der Waals surface area contributed by atoms with Crippen molar-refractivity contribution in [2.45, 2.75) is 26.7 Å². The monoisotopic (exact) mass is 317 g/mol. The van der Waals surface area contributed by atoms with Gasteiger partial charge in [0.25, 0.3) is 0 Å². The molecule has 3 nitrogen and oxygen atoms in total. The van der Waals surface area contributed by atoms with E-state index in [9.17, 15) is 9.90 Å². The van der Waals surface area contributed by atoms with Crippen LogP contribution in [0.3, 0.4) is 0 Å². The molecule has 1 aliphatic rings. The zero-order valence-corrected chi connectivity index (χ0v) is 13.8. The van der Waals surface area contributed by atoms with Gasteiger partial charge in [0.2, 0.25) is 5.78 Å². The van der Waals surface area contributed by atoms with E-state index in [-0.39, 0.29) is 5.78 Å². The first-order valence-corrected chi connectivity index (χ1v) is 8.19. The number of aromatic nitrogens is 1. The molecule has 3 aromatic rings. The van der Waals surface area contributed by atoms with Crippen molar-refractivity contribution in [3.8, 4) is 5.75 Å². The fourth-order valence-corrected chi connectivity index (χ4v) is 3.60. The van der Waals surface area contributed by atoms with Crippen LogP contribution in [0.25, 0.3) is 17.0 Å². The molecule has 0 bridgehead atoms. The largest absolute Gasteiger partial charge is 0.507 e. The third-order valence-corrected chi connectivity index (χ3v) is 4.83. The normalized spacial score (nSPS) is 15.9. The third-order valence-electron chi connectivity index (χ3n) is 4.83. The summed E-state index contributed by atoms with van der Waals surface area (Å²) in [5.41, 5.74) is 6.32. The van der Waals surface area contributed by atoms with Gasteiger partial charge in [-0.05, 0) is 73.2 Å². The lowest BCUT2D eigenvalue weighted by Gasteiger charge is -2.14. The number of para-hydroxylation sites is 1.